The van der Waals surface area contributed by atoms with Crippen molar-refractivity contribution in [2.24, 2.45) is 5.92 Å². The number of hydrogen-bond donors (Lipinski definition) is 1. The molecular formula is C16H23ClN2O3S. The van der Waals surface area contributed by atoms with Crippen LogP contribution >= 0.6 is 11.6 Å². The molecule has 0 aromatic heterocycles. The van der Waals surface area contributed by atoms with E-state index in [-0.39, 0.29) is 17.6 Å². The van der Waals surface area contributed by atoms with Crippen molar-refractivity contribution in [1.29, 1.82) is 0 Å². The Morgan fingerprint density at radius 3 is 2.43 bits per heavy atom. The lowest BCUT2D eigenvalue weighted by atomic mass is 10.0. The molecule has 1 fully saturated rings. The molecule has 2 rings (SSSR count). The number of nitrogens with one attached hydrogen (secondary N) is 1. The minimum atomic E-state index is -3.66. The molecule has 0 spiro atoms. The van der Waals surface area contributed by atoms with Crippen LogP contribution in [0.1, 0.15) is 32.3 Å². The van der Waals surface area contributed by atoms with Crippen LogP contribution in [0, 0.1) is 5.92 Å². The molecule has 0 radical (unpaired) electrons. The number of nitrogens with zero attached hydrogens (tertiary/aromatic N) is 1. The largest absolute Gasteiger partial charge is 0.341 e. The summed E-state index contributed by atoms with van der Waals surface area (Å²) in [4.78, 5) is 14.3. The molecule has 1 aliphatic rings. The lowest BCUT2D eigenvalue weighted by molar-refractivity contribution is -0.132. The number of rotatable bonds is 6. The number of carbonyl (C=O) groups excluding carboxylic acids is 1. The van der Waals surface area contributed by atoms with Crippen LogP contribution in [0.2, 0.25) is 5.02 Å². The molecule has 1 aliphatic heterocycles. The third-order valence-corrected chi connectivity index (χ3v) is 5.63. The molecule has 1 aromatic rings. The maximum absolute atomic E-state index is 12.6. The van der Waals surface area contributed by atoms with Crippen molar-refractivity contribution in [3.05, 3.63) is 34.9 Å². The van der Waals surface area contributed by atoms with Gasteiger partial charge in [0.2, 0.25) is 15.9 Å². The molecule has 1 amide bonds. The van der Waals surface area contributed by atoms with Crippen LogP contribution in [0.25, 0.3) is 0 Å². The van der Waals surface area contributed by atoms with Gasteiger partial charge in [0.05, 0.1) is 5.75 Å². The zero-order valence-corrected chi connectivity index (χ0v) is 15.0. The highest BCUT2D eigenvalue weighted by atomic mass is 35.5. The second-order valence-electron chi connectivity index (χ2n) is 6.22. The Bertz CT molecular complexity index is 655. The number of likely N-dealkylation sites (tertiary alicyclic amines) is 1. The number of hydrogen-bond acceptors (Lipinski definition) is 3. The molecular weight excluding hydrogens is 336 g/mol. The van der Waals surface area contributed by atoms with E-state index >= 15 is 0 Å². The van der Waals surface area contributed by atoms with Gasteiger partial charge in [-0.05, 0) is 30.4 Å². The Morgan fingerprint density at radius 1 is 1.26 bits per heavy atom. The van der Waals surface area contributed by atoms with Gasteiger partial charge in [0.25, 0.3) is 0 Å². The van der Waals surface area contributed by atoms with E-state index in [4.69, 9.17) is 11.6 Å². The third-order valence-electron chi connectivity index (χ3n) is 3.96. The van der Waals surface area contributed by atoms with Crippen LogP contribution in [0.15, 0.2) is 24.3 Å². The Kier molecular flexibility index (Phi) is 6.06. The number of halogens is 1. The maximum atomic E-state index is 12.6. The Balaban J connectivity index is 2.12. The van der Waals surface area contributed by atoms with E-state index < -0.39 is 16.1 Å². The Labute approximate surface area is 143 Å². The molecule has 1 aromatic carbocycles. The van der Waals surface area contributed by atoms with Crippen LogP contribution in [0.4, 0.5) is 0 Å². The topological polar surface area (TPSA) is 66.5 Å². The summed E-state index contributed by atoms with van der Waals surface area (Å²) in [7, 11) is -3.66. The third kappa shape index (κ3) is 4.93. The predicted octanol–water partition coefficient (Wildman–Crippen LogP) is 2.41. The SMILES string of the molecule is CC(C)[C@@H](NS(=O)(=O)Cc1ccccc1Cl)C(=O)N1CCCC1. The van der Waals surface area contributed by atoms with Gasteiger partial charge in [-0.2, -0.15) is 0 Å². The fourth-order valence-corrected chi connectivity index (χ4v) is 4.45. The summed E-state index contributed by atoms with van der Waals surface area (Å²) in [5.41, 5.74) is 0.526. The predicted molar refractivity (Wildman–Crippen MR) is 91.7 cm³/mol. The molecule has 5 nitrogen and oxygen atoms in total. The van der Waals surface area contributed by atoms with Crippen molar-refractivity contribution in [3.8, 4) is 0 Å². The Morgan fingerprint density at radius 2 is 1.87 bits per heavy atom. The molecule has 1 heterocycles. The van der Waals surface area contributed by atoms with Crippen molar-refractivity contribution in [3.63, 3.8) is 0 Å². The normalized spacial score (nSPS) is 16.8. The average molecular weight is 359 g/mol. The summed E-state index contributed by atoms with van der Waals surface area (Å²) in [6.45, 7) is 5.09. The second kappa shape index (κ2) is 7.64. The molecule has 7 heteroatoms. The molecule has 1 saturated heterocycles. The average Bonchev–Trinajstić information content (AvgIpc) is 3.00. The van der Waals surface area contributed by atoms with Crippen molar-refractivity contribution in [2.75, 3.05) is 13.1 Å². The van der Waals surface area contributed by atoms with Gasteiger partial charge in [0, 0.05) is 18.1 Å². The van der Waals surface area contributed by atoms with E-state index in [1.54, 1.807) is 29.2 Å². The minimum absolute atomic E-state index is 0.121. The summed E-state index contributed by atoms with van der Waals surface area (Å²) in [6.07, 6.45) is 1.95. The summed E-state index contributed by atoms with van der Waals surface area (Å²) in [5.74, 6) is -0.493. The highest BCUT2D eigenvalue weighted by Gasteiger charge is 2.32. The lowest BCUT2D eigenvalue weighted by Crippen LogP contribution is -2.50. The van der Waals surface area contributed by atoms with E-state index in [9.17, 15) is 13.2 Å². The van der Waals surface area contributed by atoms with Gasteiger partial charge in [-0.3, -0.25) is 4.79 Å². The minimum Gasteiger partial charge on any atom is -0.341 e. The standard InChI is InChI=1S/C16H23ClN2O3S/c1-12(2)15(16(20)19-9-5-6-10-19)18-23(21,22)11-13-7-3-4-8-14(13)17/h3-4,7-8,12,15,18H,5-6,9-11H2,1-2H3/t15-/m1/s1. The van der Waals surface area contributed by atoms with E-state index in [0.717, 1.165) is 12.8 Å². The number of sulfonamides is 1. The summed E-state index contributed by atoms with van der Waals surface area (Å²) in [6, 6.07) is 6.09. The van der Waals surface area contributed by atoms with Crippen LogP contribution in [0.5, 0.6) is 0 Å². The summed E-state index contributed by atoms with van der Waals surface area (Å²) >= 11 is 6.03. The molecule has 128 valence electrons. The van der Waals surface area contributed by atoms with Crippen molar-refractivity contribution in [2.45, 2.75) is 38.5 Å². The van der Waals surface area contributed by atoms with Gasteiger partial charge in [0.15, 0.2) is 0 Å². The molecule has 0 aliphatic carbocycles. The molecule has 23 heavy (non-hydrogen) atoms. The first-order valence-corrected chi connectivity index (χ1v) is 9.85. The van der Waals surface area contributed by atoms with Crippen molar-refractivity contribution >= 4 is 27.5 Å². The monoisotopic (exact) mass is 358 g/mol. The van der Waals surface area contributed by atoms with Crippen LogP contribution < -0.4 is 4.72 Å². The quantitative estimate of drug-likeness (QED) is 0.849. The van der Waals surface area contributed by atoms with E-state index in [0.29, 0.717) is 23.7 Å². The molecule has 1 atom stereocenters. The van der Waals surface area contributed by atoms with Crippen LogP contribution in [-0.4, -0.2) is 38.4 Å². The fraction of sp³-hybridized carbons (Fsp3) is 0.562. The fourth-order valence-electron chi connectivity index (χ4n) is 2.66. The first-order chi connectivity index (χ1) is 10.8. The number of carbonyl (C=O) groups is 1. The number of benzene rings is 1. The van der Waals surface area contributed by atoms with E-state index in [1.165, 1.54) is 0 Å². The van der Waals surface area contributed by atoms with Crippen molar-refractivity contribution < 1.29 is 13.2 Å². The summed E-state index contributed by atoms with van der Waals surface area (Å²) < 4.78 is 27.5. The molecule has 0 saturated carbocycles. The van der Waals surface area contributed by atoms with E-state index in [2.05, 4.69) is 4.72 Å². The van der Waals surface area contributed by atoms with Gasteiger partial charge in [-0.25, -0.2) is 13.1 Å². The zero-order valence-electron chi connectivity index (χ0n) is 13.5. The maximum Gasteiger partial charge on any atom is 0.241 e. The van der Waals surface area contributed by atoms with Gasteiger partial charge < -0.3 is 4.90 Å². The van der Waals surface area contributed by atoms with Crippen LogP contribution in [-0.2, 0) is 20.6 Å². The second-order valence-corrected chi connectivity index (χ2v) is 8.38. The smallest absolute Gasteiger partial charge is 0.241 e. The van der Waals surface area contributed by atoms with Gasteiger partial charge >= 0.3 is 0 Å². The molecule has 1 N–H and O–H groups in total. The van der Waals surface area contributed by atoms with Gasteiger partial charge in [-0.1, -0.05) is 43.6 Å². The molecule has 0 unspecified atom stereocenters. The Hall–Kier alpha value is -1.11. The first-order valence-electron chi connectivity index (χ1n) is 7.82. The van der Waals surface area contributed by atoms with Crippen molar-refractivity contribution in [1.82, 2.24) is 9.62 Å². The van der Waals surface area contributed by atoms with Crippen LogP contribution in [0.3, 0.4) is 0 Å². The summed E-state index contributed by atoms with van der Waals surface area (Å²) in [5, 5.41) is 0.407. The highest BCUT2D eigenvalue weighted by Crippen LogP contribution is 2.19. The number of amides is 1. The lowest BCUT2D eigenvalue weighted by Gasteiger charge is -2.26. The van der Waals surface area contributed by atoms with Gasteiger partial charge in [0.1, 0.15) is 6.04 Å². The zero-order chi connectivity index (χ0) is 17.0. The van der Waals surface area contributed by atoms with Gasteiger partial charge in [-0.15, -0.1) is 0 Å². The first kappa shape index (κ1) is 18.2. The van der Waals surface area contributed by atoms with E-state index in [1.807, 2.05) is 13.8 Å². The highest BCUT2D eigenvalue weighted by molar-refractivity contribution is 7.88. The molecule has 0 bridgehead atoms.